The topological polar surface area (TPSA) is 12.0 Å². The molecule has 1 aromatic rings. The highest BCUT2D eigenvalue weighted by Crippen LogP contribution is 2.21. The second kappa shape index (κ2) is 18.1. The van der Waals surface area contributed by atoms with Crippen molar-refractivity contribution >= 4 is 11.8 Å². The lowest BCUT2D eigenvalue weighted by atomic mass is 9.93. The van der Waals surface area contributed by atoms with Crippen LogP contribution in [0.25, 0.3) is 0 Å². The van der Waals surface area contributed by atoms with E-state index in [2.05, 4.69) is 112 Å². The second-order valence-electron chi connectivity index (χ2n) is 8.28. The van der Waals surface area contributed by atoms with Gasteiger partial charge >= 0.3 is 0 Å². The monoisotopic (exact) mass is 461 g/mol. The predicted molar refractivity (Wildman–Crippen MR) is 152 cm³/mol. The second-order valence-corrected chi connectivity index (χ2v) is 9.19. The zero-order valence-electron chi connectivity index (χ0n) is 21.1. The van der Waals surface area contributed by atoms with Crippen molar-refractivity contribution in [2.45, 2.75) is 46.5 Å². The molecule has 0 fully saturated rings. The average Bonchev–Trinajstić information content (AvgIpc) is 2.84. The maximum Gasteiger partial charge on any atom is 0.0330 e. The van der Waals surface area contributed by atoms with Crippen molar-refractivity contribution in [1.82, 2.24) is 5.32 Å². The SMILES string of the molecule is C=C/C=C(\C=C/CNC(=C)C(CC)CSC)C(C)CC/C(C=C=CCc1ccccc1)=C/C. The van der Waals surface area contributed by atoms with E-state index < -0.39 is 0 Å². The van der Waals surface area contributed by atoms with Gasteiger partial charge in [0, 0.05) is 23.9 Å². The average molecular weight is 462 g/mol. The van der Waals surface area contributed by atoms with Crippen LogP contribution in [0, 0.1) is 11.8 Å². The first kappa shape index (κ1) is 28.6. The predicted octanol–water partition coefficient (Wildman–Crippen LogP) is 8.46. The van der Waals surface area contributed by atoms with Crippen LogP contribution in [0.3, 0.4) is 0 Å². The zero-order chi connectivity index (χ0) is 24.3. The lowest BCUT2D eigenvalue weighted by Gasteiger charge is -2.18. The molecule has 0 aliphatic carbocycles. The summed E-state index contributed by atoms with van der Waals surface area (Å²) in [5.41, 5.74) is 8.45. The number of thioether (sulfide) groups is 1. The lowest BCUT2D eigenvalue weighted by molar-refractivity contribution is 0.613. The van der Waals surface area contributed by atoms with E-state index in [9.17, 15) is 0 Å². The maximum atomic E-state index is 4.23. The van der Waals surface area contributed by atoms with Crippen molar-refractivity contribution in [1.29, 1.82) is 0 Å². The Kier molecular flexibility index (Phi) is 15.7. The van der Waals surface area contributed by atoms with Crippen molar-refractivity contribution in [2.24, 2.45) is 11.8 Å². The third-order valence-corrected chi connectivity index (χ3v) is 6.53. The number of hydrogen-bond donors (Lipinski definition) is 1. The quantitative estimate of drug-likeness (QED) is 0.196. The van der Waals surface area contributed by atoms with Crippen molar-refractivity contribution in [3.63, 3.8) is 0 Å². The van der Waals surface area contributed by atoms with Crippen molar-refractivity contribution in [2.75, 3.05) is 18.6 Å². The summed E-state index contributed by atoms with van der Waals surface area (Å²) in [7, 11) is 0. The Balaban J connectivity index is 2.56. The Morgan fingerprint density at radius 3 is 2.64 bits per heavy atom. The molecular weight excluding hydrogens is 418 g/mol. The minimum atomic E-state index is 0.457. The fourth-order valence-electron chi connectivity index (χ4n) is 3.52. The van der Waals surface area contributed by atoms with Crippen LogP contribution in [-0.2, 0) is 6.42 Å². The third kappa shape index (κ3) is 12.4. The summed E-state index contributed by atoms with van der Waals surface area (Å²) in [6, 6.07) is 10.5. The normalized spacial score (nSPS) is 13.8. The van der Waals surface area contributed by atoms with Gasteiger partial charge in [0.2, 0.25) is 0 Å². The molecule has 0 saturated carbocycles. The molecule has 178 valence electrons. The third-order valence-electron chi connectivity index (χ3n) is 5.79. The van der Waals surface area contributed by atoms with Gasteiger partial charge in [0.05, 0.1) is 0 Å². The summed E-state index contributed by atoms with van der Waals surface area (Å²) in [5, 5.41) is 3.48. The van der Waals surface area contributed by atoms with E-state index in [1.165, 1.54) is 16.7 Å². The van der Waals surface area contributed by atoms with Gasteiger partial charge in [0.25, 0.3) is 0 Å². The van der Waals surface area contributed by atoms with Crippen LogP contribution in [0.1, 0.15) is 45.6 Å². The molecule has 0 spiro atoms. The molecule has 1 rings (SSSR count). The summed E-state index contributed by atoms with van der Waals surface area (Å²) >= 11 is 1.88. The van der Waals surface area contributed by atoms with Gasteiger partial charge in [0.15, 0.2) is 0 Å². The molecule has 0 saturated heterocycles. The van der Waals surface area contributed by atoms with Crippen LogP contribution in [0.5, 0.6) is 0 Å². The molecule has 0 aromatic heterocycles. The van der Waals surface area contributed by atoms with E-state index in [-0.39, 0.29) is 0 Å². The molecule has 33 heavy (non-hydrogen) atoms. The molecule has 2 unspecified atom stereocenters. The van der Waals surface area contributed by atoms with Gasteiger partial charge in [-0.2, -0.15) is 11.8 Å². The number of rotatable bonds is 16. The van der Waals surface area contributed by atoms with E-state index in [1.54, 1.807) is 0 Å². The molecular formula is C31H43NS. The van der Waals surface area contributed by atoms with Crippen LogP contribution in [0.4, 0.5) is 0 Å². The van der Waals surface area contributed by atoms with Crippen molar-refractivity contribution < 1.29 is 0 Å². The molecule has 0 aliphatic rings. The lowest BCUT2D eigenvalue weighted by Crippen LogP contribution is -2.20. The standard InChI is InChI=1S/C31H43NS/c1-7-16-31(21-15-24-32-27(5)30(9-3)25-33-6)26(4)22-23-28(8-2)17-13-14-20-29-18-11-10-12-19-29/h7-8,10-12,14-19,21,26,30,32H,1,5,9,20,22-25H2,2-4,6H3/b21-15-,28-8+,31-16+. The Labute approximate surface area is 207 Å². The summed E-state index contributed by atoms with van der Waals surface area (Å²) < 4.78 is 0. The van der Waals surface area contributed by atoms with Crippen LogP contribution in [0.15, 0.2) is 109 Å². The minimum Gasteiger partial charge on any atom is -0.385 e. The first-order valence-corrected chi connectivity index (χ1v) is 13.5. The van der Waals surface area contributed by atoms with Gasteiger partial charge in [-0.15, -0.1) is 5.73 Å². The summed E-state index contributed by atoms with van der Waals surface area (Å²) in [6.45, 7) is 15.6. The molecule has 2 heteroatoms. The number of nitrogens with one attached hydrogen (secondary N) is 1. The molecule has 1 nitrogen and oxygen atoms in total. The summed E-state index contributed by atoms with van der Waals surface area (Å²) in [5.74, 6) is 2.11. The molecule has 0 aliphatic heterocycles. The molecule has 0 bridgehead atoms. The Morgan fingerprint density at radius 2 is 2.00 bits per heavy atom. The summed E-state index contributed by atoms with van der Waals surface area (Å²) in [4.78, 5) is 0. The Morgan fingerprint density at radius 1 is 1.24 bits per heavy atom. The number of benzene rings is 1. The van der Waals surface area contributed by atoms with Gasteiger partial charge in [-0.05, 0) is 73.6 Å². The van der Waals surface area contributed by atoms with E-state index >= 15 is 0 Å². The van der Waals surface area contributed by atoms with Gasteiger partial charge in [0.1, 0.15) is 0 Å². The van der Waals surface area contributed by atoms with Gasteiger partial charge in [-0.25, -0.2) is 0 Å². The Bertz CT molecular complexity index is 850. The zero-order valence-corrected chi connectivity index (χ0v) is 22.0. The number of allylic oxidation sites excluding steroid dienone is 8. The first-order chi connectivity index (χ1) is 16.0. The summed E-state index contributed by atoms with van der Waals surface area (Å²) in [6.07, 6.45) is 21.2. The van der Waals surface area contributed by atoms with E-state index in [0.717, 1.165) is 43.7 Å². The van der Waals surface area contributed by atoms with E-state index in [4.69, 9.17) is 0 Å². The molecule has 1 aromatic carbocycles. The molecule has 1 N–H and O–H groups in total. The number of hydrogen-bond acceptors (Lipinski definition) is 2. The highest BCUT2D eigenvalue weighted by Gasteiger charge is 2.09. The largest absolute Gasteiger partial charge is 0.385 e. The fourth-order valence-corrected chi connectivity index (χ4v) is 4.36. The minimum absolute atomic E-state index is 0.457. The fraction of sp³-hybridized carbons (Fsp3) is 0.387. The molecule has 0 radical (unpaired) electrons. The first-order valence-electron chi connectivity index (χ1n) is 12.1. The van der Waals surface area contributed by atoms with Crippen molar-refractivity contribution in [3.8, 4) is 0 Å². The van der Waals surface area contributed by atoms with E-state index in [0.29, 0.717) is 11.8 Å². The van der Waals surface area contributed by atoms with Crippen LogP contribution >= 0.6 is 11.8 Å². The maximum absolute atomic E-state index is 4.23. The molecule has 0 amide bonds. The highest BCUT2D eigenvalue weighted by atomic mass is 32.2. The van der Waals surface area contributed by atoms with Gasteiger partial charge in [-0.1, -0.05) is 87.7 Å². The van der Waals surface area contributed by atoms with Crippen molar-refractivity contribution in [3.05, 3.63) is 114 Å². The van der Waals surface area contributed by atoms with Crippen LogP contribution in [-0.4, -0.2) is 18.6 Å². The van der Waals surface area contributed by atoms with Gasteiger partial charge < -0.3 is 5.32 Å². The van der Waals surface area contributed by atoms with Crippen LogP contribution in [0.2, 0.25) is 0 Å². The van der Waals surface area contributed by atoms with Gasteiger partial charge in [-0.3, -0.25) is 0 Å². The van der Waals surface area contributed by atoms with Crippen LogP contribution < -0.4 is 5.32 Å². The highest BCUT2D eigenvalue weighted by molar-refractivity contribution is 7.98. The molecule has 2 atom stereocenters. The van der Waals surface area contributed by atoms with E-state index in [1.807, 2.05) is 23.9 Å². The smallest absolute Gasteiger partial charge is 0.0330 e. The molecule has 0 heterocycles. The Hall–Kier alpha value is -2.41.